The van der Waals surface area contributed by atoms with Crippen LogP contribution in [0.4, 0.5) is 9.18 Å². The molecule has 0 spiro atoms. The number of para-hydroxylation sites is 1. The highest BCUT2D eigenvalue weighted by Crippen LogP contribution is 2.32. The average Bonchev–Trinajstić information content (AvgIpc) is 2.96. The number of carbonyl (C=O) groups is 3. The second-order valence-corrected chi connectivity index (χ2v) is 7.77. The molecule has 0 unspecified atom stereocenters. The van der Waals surface area contributed by atoms with Crippen LogP contribution in [0, 0.1) is 5.82 Å². The van der Waals surface area contributed by atoms with E-state index in [1.54, 1.807) is 30.3 Å². The molecule has 1 aliphatic rings. The third kappa shape index (κ3) is 5.45. The van der Waals surface area contributed by atoms with Crippen molar-refractivity contribution in [1.82, 2.24) is 10.2 Å². The van der Waals surface area contributed by atoms with Crippen molar-refractivity contribution in [1.29, 1.82) is 0 Å². The molecule has 2 aromatic rings. The van der Waals surface area contributed by atoms with Crippen LogP contribution < -0.4 is 10.1 Å². The molecule has 6 nitrogen and oxygen atoms in total. The molecule has 29 heavy (non-hydrogen) atoms. The van der Waals surface area contributed by atoms with Gasteiger partial charge in [-0.3, -0.25) is 19.3 Å². The molecular formula is C20H16BrFN2O4S. The molecule has 1 N–H and O–H groups in total. The number of halogens is 2. The number of amides is 3. The van der Waals surface area contributed by atoms with Gasteiger partial charge in [-0.1, -0.05) is 30.3 Å². The summed E-state index contributed by atoms with van der Waals surface area (Å²) in [4.78, 5) is 37.6. The van der Waals surface area contributed by atoms with E-state index in [1.165, 1.54) is 18.2 Å². The van der Waals surface area contributed by atoms with Gasteiger partial charge in [0.15, 0.2) is 6.61 Å². The monoisotopic (exact) mass is 478 g/mol. The first kappa shape index (κ1) is 21.1. The topological polar surface area (TPSA) is 75.7 Å². The number of thioether (sulfide) groups is 1. The van der Waals surface area contributed by atoms with E-state index in [9.17, 15) is 18.8 Å². The van der Waals surface area contributed by atoms with Gasteiger partial charge in [-0.15, -0.1) is 0 Å². The molecule has 0 bridgehead atoms. The molecule has 1 heterocycles. The normalized spacial score (nSPS) is 15.1. The van der Waals surface area contributed by atoms with Gasteiger partial charge in [0, 0.05) is 18.7 Å². The molecule has 3 rings (SSSR count). The number of nitrogens with zero attached hydrogens (tertiary/aromatic N) is 1. The first-order valence-corrected chi connectivity index (χ1v) is 10.2. The Balaban J connectivity index is 1.50. The summed E-state index contributed by atoms with van der Waals surface area (Å²) in [5.41, 5.74) is 0.232. The number of imide groups is 1. The minimum atomic E-state index is -0.512. The lowest BCUT2D eigenvalue weighted by Gasteiger charge is -2.13. The van der Waals surface area contributed by atoms with Crippen molar-refractivity contribution in [2.45, 2.75) is 0 Å². The highest BCUT2D eigenvalue weighted by Gasteiger charge is 2.34. The molecule has 0 atom stereocenters. The zero-order valence-electron chi connectivity index (χ0n) is 15.1. The SMILES string of the molecule is O=C(COc1ccccc1Br)NCCN1C(=O)S/C(=C/c2ccccc2F)C1=O. The zero-order valence-corrected chi connectivity index (χ0v) is 17.5. The molecule has 1 fully saturated rings. The van der Waals surface area contributed by atoms with Crippen molar-refractivity contribution in [3.05, 3.63) is 69.3 Å². The van der Waals surface area contributed by atoms with Gasteiger partial charge in [-0.25, -0.2) is 4.39 Å². The van der Waals surface area contributed by atoms with E-state index in [2.05, 4.69) is 21.2 Å². The molecule has 1 aliphatic heterocycles. The van der Waals surface area contributed by atoms with Crippen molar-refractivity contribution in [2.75, 3.05) is 19.7 Å². The number of hydrogen-bond donors (Lipinski definition) is 1. The van der Waals surface area contributed by atoms with Gasteiger partial charge in [-0.05, 0) is 52.0 Å². The minimum Gasteiger partial charge on any atom is -0.483 e. The summed E-state index contributed by atoms with van der Waals surface area (Å²) in [5, 5.41) is 2.14. The fourth-order valence-corrected chi connectivity index (χ4v) is 3.74. The predicted octanol–water partition coefficient (Wildman–Crippen LogP) is 3.82. The highest BCUT2D eigenvalue weighted by atomic mass is 79.9. The number of ether oxygens (including phenoxy) is 1. The summed E-state index contributed by atoms with van der Waals surface area (Å²) in [5.74, 6) is -0.833. The molecule has 150 valence electrons. The van der Waals surface area contributed by atoms with Crippen LogP contribution in [0.2, 0.25) is 0 Å². The number of hydrogen-bond acceptors (Lipinski definition) is 5. The van der Waals surface area contributed by atoms with E-state index in [0.717, 1.165) is 21.1 Å². The molecule has 0 aromatic heterocycles. The second-order valence-electron chi connectivity index (χ2n) is 5.92. The van der Waals surface area contributed by atoms with E-state index < -0.39 is 17.0 Å². The summed E-state index contributed by atoms with van der Waals surface area (Å²) >= 11 is 4.06. The first-order chi connectivity index (χ1) is 14.0. The van der Waals surface area contributed by atoms with Crippen molar-refractivity contribution >= 4 is 50.8 Å². The number of carbonyl (C=O) groups excluding carboxylic acids is 3. The van der Waals surface area contributed by atoms with Crippen molar-refractivity contribution in [3.63, 3.8) is 0 Å². The molecule has 9 heteroatoms. The lowest BCUT2D eigenvalue weighted by atomic mass is 10.2. The van der Waals surface area contributed by atoms with Crippen molar-refractivity contribution in [2.24, 2.45) is 0 Å². The highest BCUT2D eigenvalue weighted by molar-refractivity contribution is 9.10. The van der Waals surface area contributed by atoms with E-state index in [0.29, 0.717) is 5.75 Å². The van der Waals surface area contributed by atoms with Gasteiger partial charge < -0.3 is 10.1 Å². The van der Waals surface area contributed by atoms with Crippen LogP contribution in [0.25, 0.3) is 6.08 Å². The summed E-state index contributed by atoms with van der Waals surface area (Å²) < 4.78 is 19.9. The largest absolute Gasteiger partial charge is 0.483 e. The average molecular weight is 479 g/mol. The predicted molar refractivity (Wildman–Crippen MR) is 112 cm³/mol. The summed E-state index contributed by atoms with van der Waals surface area (Å²) in [6, 6.07) is 13.1. The Kier molecular flexibility index (Phi) is 7.05. The Morgan fingerprint density at radius 2 is 1.90 bits per heavy atom. The van der Waals surface area contributed by atoms with Crippen LogP contribution in [0.1, 0.15) is 5.56 Å². The van der Waals surface area contributed by atoms with Crippen LogP contribution in [0.15, 0.2) is 57.9 Å². The maximum Gasteiger partial charge on any atom is 0.293 e. The Labute approximate surface area is 179 Å². The van der Waals surface area contributed by atoms with E-state index >= 15 is 0 Å². The number of nitrogens with one attached hydrogen (secondary N) is 1. The van der Waals surface area contributed by atoms with E-state index in [-0.39, 0.29) is 36.1 Å². The minimum absolute atomic E-state index is 0.0139. The maximum atomic E-state index is 13.8. The molecule has 2 aromatic carbocycles. The van der Waals surface area contributed by atoms with Crippen LogP contribution in [0.5, 0.6) is 5.75 Å². The lowest BCUT2D eigenvalue weighted by molar-refractivity contribution is -0.125. The second kappa shape index (κ2) is 9.71. The van der Waals surface area contributed by atoms with E-state index in [4.69, 9.17) is 4.74 Å². The van der Waals surface area contributed by atoms with Gasteiger partial charge in [0.05, 0.1) is 9.38 Å². The number of benzene rings is 2. The van der Waals surface area contributed by atoms with Gasteiger partial charge in [0.1, 0.15) is 11.6 Å². The van der Waals surface area contributed by atoms with Crippen LogP contribution >= 0.6 is 27.7 Å². The van der Waals surface area contributed by atoms with Gasteiger partial charge in [0.2, 0.25) is 0 Å². The molecule has 0 radical (unpaired) electrons. The fraction of sp³-hybridized carbons (Fsp3) is 0.150. The maximum absolute atomic E-state index is 13.8. The molecule has 1 saturated heterocycles. The fourth-order valence-electron chi connectivity index (χ4n) is 2.49. The van der Waals surface area contributed by atoms with Gasteiger partial charge in [-0.2, -0.15) is 0 Å². The molecule has 3 amide bonds. The van der Waals surface area contributed by atoms with Gasteiger partial charge >= 0.3 is 0 Å². The van der Waals surface area contributed by atoms with Gasteiger partial charge in [0.25, 0.3) is 17.1 Å². The first-order valence-electron chi connectivity index (χ1n) is 8.59. The summed E-state index contributed by atoms with van der Waals surface area (Å²) in [7, 11) is 0. The quantitative estimate of drug-likeness (QED) is 0.612. The molecular weight excluding hydrogens is 463 g/mol. The zero-order chi connectivity index (χ0) is 20.8. The molecule has 0 saturated carbocycles. The van der Waals surface area contributed by atoms with Crippen molar-refractivity contribution < 1.29 is 23.5 Å². The Morgan fingerprint density at radius 3 is 2.66 bits per heavy atom. The summed E-state index contributed by atoms with van der Waals surface area (Å²) in [6.45, 7) is -0.0963. The number of rotatable bonds is 7. The summed E-state index contributed by atoms with van der Waals surface area (Å²) in [6.07, 6.45) is 1.35. The smallest absolute Gasteiger partial charge is 0.293 e. The Bertz CT molecular complexity index is 982. The Morgan fingerprint density at radius 1 is 1.17 bits per heavy atom. The molecule has 0 aliphatic carbocycles. The van der Waals surface area contributed by atoms with Crippen LogP contribution in [-0.2, 0) is 9.59 Å². The van der Waals surface area contributed by atoms with E-state index in [1.807, 2.05) is 6.07 Å². The van der Waals surface area contributed by atoms with Crippen LogP contribution in [0.3, 0.4) is 0 Å². The Hall–Kier alpha value is -2.65. The lowest BCUT2D eigenvalue weighted by Crippen LogP contribution is -2.38. The standard InChI is InChI=1S/C20H16BrFN2O4S/c21-14-6-2-4-8-16(14)28-12-18(25)23-9-10-24-19(26)17(29-20(24)27)11-13-5-1-3-7-15(13)22/h1-8,11H,9-10,12H2,(H,23,25)/b17-11+. The third-order valence-electron chi connectivity index (χ3n) is 3.92. The van der Waals surface area contributed by atoms with Crippen molar-refractivity contribution in [3.8, 4) is 5.75 Å². The third-order valence-corrected chi connectivity index (χ3v) is 5.48. The van der Waals surface area contributed by atoms with Crippen LogP contribution in [-0.4, -0.2) is 41.6 Å².